The molecule has 16 heavy (non-hydrogen) atoms. The van der Waals surface area contributed by atoms with Crippen molar-refractivity contribution < 1.29 is 9.53 Å². The molecule has 94 valence electrons. The summed E-state index contributed by atoms with van der Waals surface area (Å²) in [6.45, 7) is 14.7. The molecule has 0 saturated heterocycles. The number of aliphatic hydroxyl groups is 1. The smallest absolute Gasteiger partial charge is 0.192 e. The molecule has 0 aliphatic heterocycles. The summed E-state index contributed by atoms with van der Waals surface area (Å²) < 4.78 is 6.08. The van der Waals surface area contributed by atoms with Crippen LogP contribution < -0.4 is 0 Å². The summed E-state index contributed by atoms with van der Waals surface area (Å²) in [5.41, 5.74) is 0. The van der Waals surface area contributed by atoms with Gasteiger partial charge in [0, 0.05) is 5.92 Å². The Labute approximate surface area is 102 Å². The zero-order valence-electron chi connectivity index (χ0n) is 11.7. The van der Waals surface area contributed by atoms with Crippen molar-refractivity contribution in [3.05, 3.63) is 0 Å². The first-order valence-corrected chi connectivity index (χ1v) is 8.75. The van der Waals surface area contributed by atoms with E-state index in [1.54, 1.807) is 0 Å². The second-order valence-corrected chi connectivity index (χ2v) is 10.8. The van der Waals surface area contributed by atoms with Crippen molar-refractivity contribution in [2.45, 2.75) is 65.0 Å². The first kappa shape index (κ1) is 15.7. The van der Waals surface area contributed by atoms with Gasteiger partial charge in [-0.3, -0.25) is 0 Å². The molecule has 0 unspecified atom stereocenters. The largest absolute Gasteiger partial charge is 0.412 e. The Hall–Kier alpha value is -0.303. The van der Waals surface area contributed by atoms with Gasteiger partial charge in [0.1, 0.15) is 0 Å². The summed E-state index contributed by atoms with van der Waals surface area (Å²) in [6.07, 6.45) is 4.52. The number of aliphatic hydroxyl groups excluding tert-OH is 1. The van der Waals surface area contributed by atoms with Crippen LogP contribution in [0.25, 0.3) is 0 Å². The molecular weight excluding hydrogens is 216 g/mol. The quantitative estimate of drug-likeness (QED) is 0.606. The first-order chi connectivity index (χ1) is 7.03. The highest BCUT2D eigenvalue weighted by atomic mass is 28.4. The Morgan fingerprint density at radius 3 is 2.00 bits per heavy atom. The maximum Gasteiger partial charge on any atom is 0.192 e. The van der Waals surface area contributed by atoms with Crippen LogP contribution in [0.3, 0.4) is 0 Å². The summed E-state index contributed by atoms with van der Waals surface area (Å²) in [7, 11) is -1.82. The van der Waals surface area contributed by atoms with Crippen LogP contribution in [-0.2, 0) is 4.43 Å². The maximum absolute atomic E-state index is 9.97. The third-order valence-electron chi connectivity index (χ3n) is 3.54. The molecule has 0 aromatic rings. The van der Waals surface area contributed by atoms with Crippen molar-refractivity contribution in [3.8, 4) is 12.3 Å². The zero-order valence-corrected chi connectivity index (χ0v) is 12.7. The van der Waals surface area contributed by atoms with Crippen LogP contribution >= 0.6 is 0 Å². The van der Waals surface area contributed by atoms with Crippen molar-refractivity contribution in [2.24, 2.45) is 5.92 Å². The van der Waals surface area contributed by atoms with Gasteiger partial charge in [0.15, 0.2) is 8.32 Å². The predicted octanol–water partition coefficient (Wildman–Crippen LogP) is 3.03. The van der Waals surface area contributed by atoms with Gasteiger partial charge in [0.25, 0.3) is 0 Å². The van der Waals surface area contributed by atoms with Gasteiger partial charge in [-0.15, -0.1) is 12.3 Å². The molecule has 0 rings (SSSR count). The lowest BCUT2D eigenvalue weighted by Crippen LogP contribution is -2.47. The van der Waals surface area contributed by atoms with E-state index in [-0.39, 0.29) is 17.1 Å². The normalized spacial score (nSPS) is 18.7. The van der Waals surface area contributed by atoms with Gasteiger partial charge in [-0.2, -0.15) is 0 Å². The topological polar surface area (TPSA) is 29.5 Å². The molecule has 0 saturated carbocycles. The molecule has 3 heteroatoms. The van der Waals surface area contributed by atoms with Gasteiger partial charge in [0.2, 0.25) is 0 Å². The van der Waals surface area contributed by atoms with Gasteiger partial charge in [-0.1, -0.05) is 20.8 Å². The Balaban J connectivity index is 4.58. The molecule has 0 heterocycles. The molecule has 0 bridgehead atoms. The Morgan fingerprint density at radius 1 is 1.25 bits per heavy atom. The van der Waals surface area contributed by atoms with Crippen LogP contribution in [0.2, 0.25) is 18.1 Å². The van der Waals surface area contributed by atoms with Crippen molar-refractivity contribution in [3.63, 3.8) is 0 Å². The summed E-state index contributed by atoms with van der Waals surface area (Å²) in [5, 5.41) is 10.1. The van der Waals surface area contributed by atoms with E-state index in [9.17, 15) is 5.11 Å². The van der Waals surface area contributed by atoms with Crippen molar-refractivity contribution >= 4 is 8.32 Å². The summed E-state index contributed by atoms with van der Waals surface area (Å²) >= 11 is 0. The van der Waals surface area contributed by atoms with Crippen molar-refractivity contribution in [1.29, 1.82) is 0 Å². The molecule has 0 aromatic carbocycles. The minimum Gasteiger partial charge on any atom is -0.412 e. The number of terminal acetylenes is 1. The van der Waals surface area contributed by atoms with Gasteiger partial charge in [-0.05, 0) is 32.0 Å². The molecule has 0 aliphatic carbocycles. The van der Waals surface area contributed by atoms with E-state index >= 15 is 0 Å². The number of rotatable bonds is 4. The Morgan fingerprint density at radius 2 is 1.69 bits per heavy atom. The van der Waals surface area contributed by atoms with Crippen molar-refractivity contribution in [1.82, 2.24) is 0 Å². The van der Waals surface area contributed by atoms with Crippen molar-refractivity contribution in [2.75, 3.05) is 0 Å². The van der Waals surface area contributed by atoms with E-state index in [4.69, 9.17) is 10.8 Å². The summed E-state index contributed by atoms with van der Waals surface area (Å²) in [6, 6.07) is 0. The molecule has 3 atom stereocenters. The van der Waals surface area contributed by atoms with Crippen LogP contribution in [0, 0.1) is 18.3 Å². The SMILES string of the molecule is C#C[C@H](C)[C@@H](O)[C@H](C)O[Si](C)(C)C(C)(C)C. The lowest BCUT2D eigenvalue weighted by molar-refractivity contribution is 0.0190. The summed E-state index contributed by atoms with van der Waals surface area (Å²) in [5.74, 6) is 2.39. The van der Waals surface area contributed by atoms with E-state index < -0.39 is 14.4 Å². The monoisotopic (exact) mass is 242 g/mol. The highest BCUT2D eigenvalue weighted by molar-refractivity contribution is 6.74. The fourth-order valence-electron chi connectivity index (χ4n) is 1.22. The van der Waals surface area contributed by atoms with E-state index in [2.05, 4.69) is 39.8 Å². The standard InChI is InChI=1S/C13H26O2Si/c1-9-10(2)12(14)11(3)15-16(7,8)13(4,5)6/h1,10-12,14H,2-8H3/t10-,11-,12+/m0/s1. The van der Waals surface area contributed by atoms with Crippen LogP contribution in [0.5, 0.6) is 0 Å². The van der Waals surface area contributed by atoms with E-state index in [0.717, 1.165) is 0 Å². The van der Waals surface area contributed by atoms with E-state index in [1.807, 2.05) is 13.8 Å². The molecule has 0 spiro atoms. The molecule has 1 N–H and O–H groups in total. The Bertz CT molecular complexity index is 260. The number of hydrogen-bond acceptors (Lipinski definition) is 2. The third kappa shape index (κ3) is 3.93. The first-order valence-electron chi connectivity index (χ1n) is 5.85. The Kier molecular flexibility index (Phi) is 5.25. The van der Waals surface area contributed by atoms with Crippen LogP contribution in [0.15, 0.2) is 0 Å². The van der Waals surface area contributed by atoms with Gasteiger partial charge in [-0.25, -0.2) is 0 Å². The average molecular weight is 242 g/mol. The van der Waals surface area contributed by atoms with E-state index in [1.165, 1.54) is 0 Å². The molecule has 0 fully saturated rings. The van der Waals surface area contributed by atoms with Gasteiger partial charge in [0.05, 0.1) is 12.2 Å². The highest BCUT2D eigenvalue weighted by Crippen LogP contribution is 2.37. The maximum atomic E-state index is 9.97. The number of hydrogen-bond donors (Lipinski definition) is 1. The highest BCUT2D eigenvalue weighted by Gasteiger charge is 2.39. The molecule has 2 nitrogen and oxygen atoms in total. The minimum atomic E-state index is -1.82. The molecule has 0 amide bonds. The molecular formula is C13H26O2Si. The minimum absolute atomic E-state index is 0.153. The third-order valence-corrected chi connectivity index (χ3v) is 8.12. The lowest BCUT2D eigenvalue weighted by Gasteiger charge is -2.40. The van der Waals surface area contributed by atoms with Crippen LogP contribution in [0.1, 0.15) is 34.6 Å². The average Bonchev–Trinajstić information content (AvgIpc) is 2.12. The molecule has 0 aromatic heterocycles. The van der Waals surface area contributed by atoms with Gasteiger partial charge < -0.3 is 9.53 Å². The summed E-state index contributed by atoms with van der Waals surface area (Å²) in [4.78, 5) is 0. The lowest BCUT2D eigenvalue weighted by atomic mass is 10.0. The molecule has 0 radical (unpaired) electrons. The van der Waals surface area contributed by atoms with Gasteiger partial charge >= 0.3 is 0 Å². The second-order valence-electron chi connectivity index (χ2n) is 6.03. The fourth-order valence-corrected chi connectivity index (χ4v) is 2.64. The van der Waals surface area contributed by atoms with Crippen LogP contribution in [0.4, 0.5) is 0 Å². The van der Waals surface area contributed by atoms with E-state index in [0.29, 0.717) is 0 Å². The predicted molar refractivity (Wildman–Crippen MR) is 71.7 cm³/mol. The molecule has 0 aliphatic rings. The fraction of sp³-hybridized carbons (Fsp3) is 0.846. The van der Waals surface area contributed by atoms with Crippen LogP contribution in [-0.4, -0.2) is 25.6 Å². The zero-order chi connectivity index (χ0) is 13.1. The second kappa shape index (κ2) is 5.35.